The Bertz CT molecular complexity index is 823. The lowest BCUT2D eigenvalue weighted by molar-refractivity contribution is -0.137. The van der Waals surface area contributed by atoms with Crippen LogP contribution >= 0.6 is 23.1 Å². The van der Waals surface area contributed by atoms with Crippen molar-refractivity contribution < 1.29 is 18.0 Å². The van der Waals surface area contributed by atoms with Gasteiger partial charge in [-0.05, 0) is 30.0 Å². The van der Waals surface area contributed by atoms with Gasteiger partial charge in [0.1, 0.15) is 5.01 Å². The van der Waals surface area contributed by atoms with Gasteiger partial charge in [0.2, 0.25) is 0 Å². The van der Waals surface area contributed by atoms with Crippen molar-refractivity contribution in [3.8, 4) is 10.6 Å². The van der Waals surface area contributed by atoms with Crippen molar-refractivity contribution >= 4 is 40.2 Å². The number of halogens is 3. The molecule has 0 saturated heterocycles. The Morgan fingerprint density at radius 1 is 1.17 bits per heavy atom. The highest BCUT2D eigenvalue weighted by Crippen LogP contribution is 2.32. The second kappa shape index (κ2) is 5.82. The fourth-order valence-electron chi connectivity index (χ4n) is 1.85. The molecular weight excluding hydrogens is 347 g/mol. The summed E-state index contributed by atoms with van der Waals surface area (Å²) in [6.07, 6.45) is -2.81. The first-order valence-electron chi connectivity index (χ1n) is 6.24. The van der Waals surface area contributed by atoms with E-state index >= 15 is 0 Å². The molecule has 0 radical (unpaired) electrons. The lowest BCUT2D eigenvalue weighted by atomic mass is 10.1. The van der Waals surface area contributed by atoms with Crippen molar-refractivity contribution in [2.45, 2.75) is 6.18 Å². The largest absolute Gasteiger partial charge is 0.416 e. The molecule has 2 aromatic rings. The first kappa shape index (κ1) is 15.8. The number of hydrogen-bond acceptors (Lipinski definition) is 5. The summed E-state index contributed by atoms with van der Waals surface area (Å²) in [5.41, 5.74) is 5.86. The molecule has 1 aliphatic rings. The number of amidine groups is 1. The van der Waals surface area contributed by atoms with Crippen molar-refractivity contribution in [3.05, 3.63) is 45.8 Å². The van der Waals surface area contributed by atoms with E-state index in [1.54, 1.807) is 11.5 Å². The Balaban J connectivity index is 1.83. The number of thioether (sulfide) groups is 1. The molecule has 0 unspecified atom stereocenters. The summed E-state index contributed by atoms with van der Waals surface area (Å²) in [6.45, 7) is 0. The van der Waals surface area contributed by atoms with Gasteiger partial charge >= 0.3 is 6.18 Å². The average Bonchev–Trinajstić information content (AvgIpc) is 3.06. The van der Waals surface area contributed by atoms with Gasteiger partial charge in [-0.2, -0.15) is 18.2 Å². The predicted octanol–water partition coefficient (Wildman–Crippen LogP) is 3.76. The summed E-state index contributed by atoms with van der Waals surface area (Å²) < 4.78 is 37.6. The molecule has 1 aromatic carbocycles. The van der Waals surface area contributed by atoms with Crippen LogP contribution in [0.2, 0.25) is 0 Å². The van der Waals surface area contributed by atoms with Gasteiger partial charge in [-0.1, -0.05) is 12.1 Å². The van der Waals surface area contributed by atoms with Crippen LogP contribution in [0.1, 0.15) is 11.3 Å². The summed E-state index contributed by atoms with van der Waals surface area (Å²) in [4.78, 5) is 19.8. The molecule has 0 spiro atoms. The molecule has 0 bridgehead atoms. The number of alkyl halides is 3. The van der Waals surface area contributed by atoms with Gasteiger partial charge in [-0.3, -0.25) is 4.79 Å². The maximum absolute atomic E-state index is 12.5. The quantitative estimate of drug-likeness (QED) is 0.833. The van der Waals surface area contributed by atoms with Crippen LogP contribution in [-0.2, 0) is 11.0 Å². The number of aliphatic imine (C=N–C) groups is 1. The van der Waals surface area contributed by atoms with Crippen molar-refractivity contribution in [3.63, 3.8) is 0 Å². The lowest BCUT2D eigenvalue weighted by Crippen LogP contribution is -2.03. The summed E-state index contributed by atoms with van der Waals surface area (Å²) in [5, 5.41) is 2.46. The van der Waals surface area contributed by atoms with E-state index in [1.807, 2.05) is 0 Å². The number of carbonyl (C=O) groups is 1. The number of aromatic nitrogens is 1. The normalized spacial score (nSPS) is 16.9. The highest BCUT2D eigenvalue weighted by atomic mass is 32.2. The summed E-state index contributed by atoms with van der Waals surface area (Å²) in [5.74, 6) is -0.420. The first-order chi connectivity index (χ1) is 10.8. The topological polar surface area (TPSA) is 68.3 Å². The lowest BCUT2D eigenvalue weighted by Gasteiger charge is -2.06. The molecule has 23 heavy (non-hydrogen) atoms. The molecule has 3 rings (SSSR count). The van der Waals surface area contributed by atoms with Crippen LogP contribution in [0.5, 0.6) is 0 Å². The van der Waals surface area contributed by atoms with E-state index in [1.165, 1.54) is 23.5 Å². The molecule has 9 heteroatoms. The zero-order valence-electron chi connectivity index (χ0n) is 11.3. The van der Waals surface area contributed by atoms with E-state index in [9.17, 15) is 18.0 Å². The number of amides is 1. The average molecular weight is 355 g/mol. The second-order valence-corrected chi connectivity index (χ2v) is 6.44. The van der Waals surface area contributed by atoms with Crippen LogP contribution in [0.25, 0.3) is 16.6 Å². The Hall–Kier alpha value is -2.13. The molecule has 118 valence electrons. The number of nitrogens with two attached hydrogens (primary N) is 1. The van der Waals surface area contributed by atoms with Crippen molar-refractivity contribution in [2.24, 2.45) is 10.7 Å². The standard InChI is InChI=1S/C14H8F3N3OS2/c15-14(16,17)8-3-1-7(2-4-8)12-19-9(6-22-12)5-10-11(21)20-13(18)23-10/h1-6H,(H2,18,20,21)/b10-5+. The third-order valence-electron chi connectivity index (χ3n) is 2.90. The molecule has 2 heterocycles. The Morgan fingerprint density at radius 2 is 1.87 bits per heavy atom. The number of benzene rings is 1. The van der Waals surface area contributed by atoms with Gasteiger partial charge in [0, 0.05) is 10.9 Å². The third-order valence-corrected chi connectivity index (χ3v) is 4.62. The third kappa shape index (κ3) is 3.45. The van der Waals surface area contributed by atoms with Gasteiger partial charge < -0.3 is 5.73 Å². The van der Waals surface area contributed by atoms with Gasteiger partial charge in [-0.25, -0.2) is 4.98 Å². The highest BCUT2D eigenvalue weighted by molar-refractivity contribution is 8.18. The number of thiazole rings is 1. The van der Waals surface area contributed by atoms with E-state index in [2.05, 4.69) is 9.98 Å². The van der Waals surface area contributed by atoms with Crippen LogP contribution in [-0.4, -0.2) is 16.1 Å². The SMILES string of the molecule is NC1=NC(=O)/C(=C\c2csc(-c3ccc(C(F)(F)F)cc3)n2)S1. The van der Waals surface area contributed by atoms with Crippen LogP contribution in [0.15, 0.2) is 39.5 Å². The zero-order chi connectivity index (χ0) is 16.6. The number of hydrogen-bond donors (Lipinski definition) is 1. The fraction of sp³-hybridized carbons (Fsp3) is 0.0714. The number of nitrogens with zero attached hydrogens (tertiary/aromatic N) is 2. The summed E-state index contributed by atoms with van der Waals surface area (Å²) >= 11 is 2.33. The first-order valence-corrected chi connectivity index (χ1v) is 7.94. The van der Waals surface area contributed by atoms with Crippen molar-refractivity contribution in [1.82, 2.24) is 4.98 Å². The van der Waals surface area contributed by atoms with E-state index in [0.717, 1.165) is 23.9 Å². The minimum atomic E-state index is -4.36. The molecule has 0 atom stereocenters. The predicted molar refractivity (Wildman–Crippen MR) is 84.7 cm³/mol. The van der Waals surface area contributed by atoms with Crippen LogP contribution in [0.3, 0.4) is 0 Å². The summed E-state index contributed by atoms with van der Waals surface area (Å²) in [6, 6.07) is 4.77. The molecule has 0 fully saturated rings. The fourth-order valence-corrected chi connectivity index (χ4v) is 3.30. The molecule has 0 saturated carbocycles. The minimum absolute atomic E-state index is 0.180. The van der Waals surface area contributed by atoms with E-state index in [0.29, 0.717) is 21.2 Å². The Morgan fingerprint density at radius 3 is 2.43 bits per heavy atom. The monoisotopic (exact) mass is 355 g/mol. The molecule has 1 amide bonds. The second-order valence-electron chi connectivity index (χ2n) is 4.52. The highest BCUT2D eigenvalue weighted by Gasteiger charge is 2.30. The van der Waals surface area contributed by atoms with Gasteiger partial charge in [0.25, 0.3) is 5.91 Å². The van der Waals surface area contributed by atoms with Gasteiger partial charge in [-0.15, -0.1) is 11.3 Å². The molecule has 2 N–H and O–H groups in total. The minimum Gasteiger partial charge on any atom is -0.378 e. The molecule has 4 nitrogen and oxygen atoms in total. The number of rotatable bonds is 2. The van der Waals surface area contributed by atoms with Gasteiger partial charge in [0.15, 0.2) is 5.17 Å². The van der Waals surface area contributed by atoms with Gasteiger partial charge in [0.05, 0.1) is 16.2 Å². The Labute approximate surface area is 136 Å². The molecule has 1 aromatic heterocycles. The maximum atomic E-state index is 12.5. The molecular formula is C14H8F3N3OS2. The Kier molecular flexibility index (Phi) is 3.99. The smallest absolute Gasteiger partial charge is 0.378 e. The van der Waals surface area contributed by atoms with Crippen molar-refractivity contribution in [2.75, 3.05) is 0 Å². The van der Waals surface area contributed by atoms with Crippen LogP contribution in [0.4, 0.5) is 13.2 Å². The zero-order valence-corrected chi connectivity index (χ0v) is 12.9. The van der Waals surface area contributed by atoms with Crippen molar-refractivity contribution in [1.29, 1.82) is 0 Å². The van der Waals surface area contributed by atoms with E-state index in [4.69, 9.17) is 5.73 Å². The van der Waals surface area contributed by atoms with Crippen LogP contribution < -0.4 is 5.73 Å². The van der Waals surface area contributed by atoms with Crippen LogP contribution in [0, 0.1) is 0 Å². The number of carbonyl (C=O) groups excluding carboxylic acids is 1. The van der Waals surface area contributed by atoms with E-state index < -0.39 is 17.6 Å². The maximum Gasteiger partial charge on any atom is 0.416 e. The molecule has 1 aliphatic heterocycles. The summed E-state index contributed by atoms with van der Waals surface area (Å²) in [7, 11) is 0. The van der Waals surface area contributed by atoms with E-state index in [-0.39, 0.29) is 5.17 Å². The molecule has 0 aliphatic carbocycles.